The molecule has 0 rings (SSSR count). The zero-order valence-electron chi connectivity index (χ0n) is 10.1. The van der Waals surface area contributed by atoms with Crippen molar-refractivity contribution in [2.75, 3.05) is 6.61 Å². The monoisotopic (exact) mass is 199 g/mol. The van der Waals surface area contributed by atoms with Crippen LogP contribution < -0.4 is 0 Å². The Morgan fingerprint density at radius 3 is 2.14 bits per heavy atom. The zero-order valence-corrected chi connectivity index (χ0v) is 10.1. The molecule has 1 heteroatoms. The highest BCUT2D eigenvalue weighted by molar-refractivity contribution is 4.50. The van der Waals surface area contributed by atoms with Gasteiger partial charge in [0.25, 0.3) is 0 Å². The van der Waals surface area contributed by atoms with Gasteiger partial charge >= 0.3 is 0 Å². The summed E-state index contributed by atoms with van der Waals surface area (Å²) in [4.78, 5) is 0. The minimum atomic E-state index is 0.926. The minimum absolute atomic E-state index is 0.926. The van der Waals surface area contributed by atoms with Gasteiger partial charge in [0.15, 0.2) is 0 Å². The molecule has 0 aromatic rings. The Balaban J connectivity index is 2.78. The molecule has 0 heterocycles. The lowest BCUT2D eigenvalue weighted by Gasteiger charge is -2.02. The molecule has 0 aliphatic carbocycles. The van der Waals surface area contributed by atoms with Crippen molar-refractivity contribution in [3.8, 4) is 0 Å². The molecule has 85 valence electrons. The Kier molecular flexibility index (Phi) is 12.9. The van der Waals surface area contributed by atoms with E-state index in [1.807, 2.05) is 6.61 Å². The van der Waals surface area contributed by atoms with Crippen LogP contribution in [0.5, 0.6) is 0 Å². The fraction of sp³-hybridized carbons (Fsp3) is 0.923. The maximum Gasteiger partial charge on any atom is 0.0836 e. The highest BCUT2D eigenvalue weighted by atomic mass is 16.5. The first-order valence-corrected chi connectivity index (χ1v) is 6.35. The van der Waals surface area contributed by atoms with Crippen LogP contribution in [0.1, 0.15) is 71.6 Å². The summed E-state index contributed by atoms with van der Waals surface area (Å²) in [7, 11) is 0. The molecule has 0 aliphatic heterocycles. The Morgan fingerprint density at radius 2 is 1.43 bits per heavy atom. The zero-order chi connectivity index (χ0) is 10.5. The smallest absolute Gasteiger partial charge is 0.0836 e. The molecular formula is C13H27O. The van der Waals surface area contributed by atoms with Crippen LogP contribution in [0.4, 0.5) is 0 Å². The first-order valence-electron chi connectivity index (χ1n) is 6.35. The molecule has 1 nitrogen and oxygen atoms in total. The van der Waals surface area contributed by atoms with Crippen molar-refractivity contribution in [1.29, 1.82) is 0 Å². The second kappa shape index (κ2) is 13.0. The lowest BCUT2D eigenvalue weighted by Crippen LogP contribution is -1.92. The van der Waals surface area contributed by atoms with Crippen molar-refractivity contribution < 1.29 is 4.74 Å². The summed E-state index contributed by atoms with van der Waals surface area (Å²) < 4.78 is 5.42. The van der Waals surface area contributed by atoms with E-state index >= 15 is 0 Å². The van der Waals surface area contributed by atoms with E-state index in [4.69, 9.17) is 4.74 Å². The fourth-order valence-corrected chi connectivity index (χ4v) is 1.42. The van der Waals surface area contributed by atoms with Crippen molar-refractivity contribution in [2.45, 2.75) is 71.6 Å². The number of unbranched alkanes of at least 4 members (excludes halogenated alkanes) is 7. The van der Waals surface area contributed by atoms with Crippen molar-refractivity contribution in [3.63, 3.8) is 0 Å². The summed E-state index contributed by atoms with van der Waals surface area (Å²) in [6, 6.07) is 0. The summed E-state index contributed by atoms with van der Waals surface area (Å²) in [6.45, 7) is 7.37. The van der Waals surface area contributed by atoms with Crippen molar-refractivity contribution in [1.82, 2.24) is 0 Å². The number of rotatable bonds is 11. The molecule has 0 aliphatic rings. The van der Waals surface area contributed by atoms with Crippen molar-refractivity contribution in [2.24, 2.45) is 0 Å². The van der Waals surface area contributed by atoms with E-state index in [2.05, 4.69) is 13.8 Å². The Bertz CT molecular complexity index is 79.2. The normalized spacial score (nSPS) is 10.7. The third-order valence-electron chi connectivity index (χ3n) is 2.41. The van der Waals surface area contributed by atoms with Crippen LogP contribution in [-0.4, -0.2) is 6.61 Å². The van der Waals surface area contributed by atoms with Gasteiger partial charge in [0, 0.05) is 6.61 Å². The third-order valence-corrected chi connectivity index (χ3v) is 2.41. The van der Waals surface area contributed by atoms with Crippen molar-refractivity contribution >= 4 is 0 Å². The molecule has 1 radical (unpaired) electrons. The van der Waals surface area contributed by atoms with Gasteiger partial charge in [-0.1, -0.05) is 58.8 Å². The molecule has 0 atom stereocenters. The van der Waals surface area contributed by atoms with Crippen LogP contribution in [0.3, 0.4) is 0 Å². The predicted octanol–water partition coefficient (Wildman–Crippen LogP) is 4.72. The van der Waals surface area contributed by atoms with Crippen LogP contribution in [0.15, 0.2) is 0 Å². The SMILES string of the molecule is CCCC[CH]OCCCCCCCC. The molecule has 0 aromatic carbocycles. The molecule has 0 fully saturated rings. The molecule has 0 bridgehead atoms. The summed E-state index contributed by atoms with van der Waals surface area (Å²) in [5.74, 6) is 0. The molecule has 0 aromatic heterocycles. The van der Waals surface area contributed by atoms with E-state index < -0.39 is 0 Å². The van der Waals surface area contributed by atoms with E-state index in [0.29, 0.717) is 0 Å². The molecule has 0 N–H and O–H groups in total. The van der Waals surface area contributed by atoms with Gasteiger partial charge in [-0.05, 0) is 12.8 Å². The summed E-state index contributed by atoms with van der Waals surface area (Å²) in [5, 5.41) is 0. The van der Waals surface area contributed by atoms with Gasteiger partial charge in [-0.25, -0.2) is 0 Å². The van der Waals surface area contributed by atoms with Gasteiger partial charge < -0.3 is 4.74 Å². The van der Waals surface area contributed by atoms with Gasteiger partial charge in [0.05, 0.1) is 6.61 Å². The van der Waals surface area contributed by atoms with Crippen LogP contribution in [0.25, 0.3) is 0 Å². The third kappa shape index (κ3) is 12.0. The van der Waals surface area contributed by atoms with E-state index in [0.717, 1.165) is 13.0 Å². The average Bonchev–Trinajstić information content (AvgIpc) is 2.21. The molecule has 0 spiro atoms. The summed E-state index contributed by atoms with van der Waals surface area (Å²) in [6.07, 6.45) is 11.7. The largest absolute Gasteiger partial charge is 0.376 e. The van der Waals surface area contributed by atoms with E-state index in [9.17, 15) is 0 Å². The second-order valence-corrected chi connectivity index (χ2v) is 3.95. The van der Waals surface area contributed by atoms with Gasteiger partial charge in [0.1, 0.15) is 0 Å². The van der Waals surface area contributed by atoms with Gasteiger partial charge in [-0.2, -0.15) is 0 Å². The average molecular weight is 199 g/mol. The predicted molar refractivity (Wildman–Crippen MR) is 63.2 cm³/mol. The lowest BCUT2D eigenvalue weighted by molar-refractivity contribution is 0.184. The van der Waals surface area contributed by atoms with Gasteiger partial charge in [-0.15, -0.1) is 0 Å². The lowest BCUT2D eigenvalue weighted by atomic mass is 10.1. The van der Waals surface area contributed by atoms with Crippen molar-refractivity contribution in [3.05, 3.63) is 6.61 Å². The quantitative estimate of drug-likeness (QED) is 0.438. The standard InChI is InChI=1S/C13H27O/c1-3-5-7-8-9-11-13-14-12-10-6-4-2/h12H,3-11,13H2,1-2H3. The van der Waals surface area contributed by atoms with E-state index in [1.54, 1.807) is 0 Å². The molecular weight excluding hydrogens is 172 g/mol. The number of hydrogen-bond acceptors (Lipinski definition) is 1. The topological polar surface area (TPSA) is 9.23 Å². The van der Waals surface area contributed by atoms with Gasteiger partial charge in [-0.3, -0.25) is 0 Å². The minimum Gasteiger partial charge on any atom is -0.376 e. The first kappa shape index (κ1) is 14.0. The second-order valence-electron chi connectivity index (χ2n) is 3.95. The van der Waals surface area contributed by atoms with Crippen LogP contribution in [0, 0.1) is 6.61 Å². The van der Waals surface area contributed by atoms with Crippen LogP contribution >= 0.6 is 0 Å². The Hall–Kier alpha value is -0.0400. The highest BCUT2D eigenvalue weighted by Crippen LogP contribution is 2.06. The van der Waals surface area contributed by atoms with E-state index in [1.165, 1.54) is 51.4 Å². The molecule has 14 heavy (non-hydrogen) atoms. The number of ether oxygens (including phenoxy) is 1. The summed E-state index contributed by atoms with van der Waals surface area (Å²) >= 11 is 0. The number of hydrogen-bond donors (Lipinski definition) is 0. The maximum atomic E-state index is 5.42. The maximum absolute atomic E-state index is 5.42. The van der Waals surface area contributed by atoms with Crippen LogP contribution in [0.2, 0.25) is 0 Å². The molecule has 0 unspecified atom stereocenters. The highest BCUT2D eigenvalue weighted by Gasteiger charge is 1.91. The van der Waals surface area contributed by atoms with Crippen LogP contribution in [-0.2, 0) is 4.74 Å². The molecule has 0 saturated carbocycles. The molecule has 0 saturated heterocycles. The van der Waals surface area contributed by atoms with E-state index in [-0.39, 0.29) is 0 Å². The fourth-order valence-electron chi connectivity index (χ4n) is 1.42. The Labute approximate surface area is 90.2 Å². The van der Waals surface area contributed by atoms with Gasteiger partial charge in [0.2, 0.25) is 0 Å². The first-order chi connectivity index (χ1) is 6.91. The summed E-state index contributed by atoms with van der Waals surface area (Å²) in [5.41, 5.74) is 0. The molecule has 0 amide bonds. The Morgan fingerprint density at radius 1 is 0.786 bits per heavy atom.